The second kappa shape index (κ2) is 5.86. The fourth-order valence-corrected chi connectivity index (χ4v) is 1.56. The van der Waals surface area contributed by atoms with Crippen molar-refractivity contribution in [2.75, 3.05) is 12.0 Å². The van der Waals surface area contributed by atoms with Gasteiger partial charge in [0, 0.05) is 17.8 Å². The molecule has 1 heterocycles. The van der Waals surface area contributed by atoms with Crippen LogP contribution in [0, 0.1) is 0 Å². The molecule has 0 bridgehead atoms. The average molecular weight is 258 g/mol. The van der Waals surface area contributed by atoms with Crippen LogP contribution in [0.25, 0.3) is 0 Å². The molecule has 5 nitrogen and oxygen atoms in total. The lowest BCUT2D eigenvalue weighted by atomic mass is 10.2. The molecule has 0 radical (unpaired) electrons. The van der Waals surface area contributed by atoms with Gasteiger partial charge in [0.05, 0.1) is 6.61 Å². The molecule has 0 fully saturated rings. The van der Waals surface area contributed by atoms with E-state index in [1.165, 1.54) is 12.3 Å². The van der Waals surface area contributed by atoms with Crippen LogP contribution in [0.5, 0.6) is 5.75 Å². The molecule has 0 spiro atoms. The summed E-state index contributed by atoms with van der Waals surface area (Å²) in [5, 5.41) is 0. The summed E-state index contributed by atoms with van der Waals surface area (Å²) in [7, 11) is 0. The van der Waals surface area contributed by atoms with Crippen molar-refractivity contribution in [2.45, 2.75) is 6.92 Å². The van der Waals surface area contributed by atoms with Gasteiger partial charge in [0.2, 0.25) is 0 Å². The number of carbonyl (C=O) groups excluding carboxylic acids is 1. The van der Waals surface area contributed by atoms with E-state index in [0.29, 0.717) is 17.9 Å². The molecule has 0 aliphatic carbocycles. The molecule has 0 saturated carbocycles. The van der Waals surface area contributed by atoms with Gasteiger partial charge in [-0.3, -0.25) is 15.0 Å². The predicted octanol–water partition coefficient (Wildman–Crippen LogP) is 1.63. The van der Waals surface area contributed by atoms with Gasteiger partial charge in [-0.1, -0.05) is 6.07 Å². The molecular formula is C14H14N2O3. The van der Waals surface area contributed by atoms with Crippen molar-refractivity contribution in [1.29, 1.82) is 0 Å². The number of hydrogen-bond acceptors (Lipinski definition) is 3. The fourth-order valence-electron chi connectivity index (χ4n) is 1.56. The van der Waals surface area contributed by atoms with Crippen molar-refractivity contribution in [3.63, 3.8) is 0 Å². The van der Waals surface area contributed by atoms with Crippen LogP contribution in [-0.2, 0) is 0 Å². The van der Waals surface area contributed by atoms with Crippen LogP contribution in [0.3, 0.4) is 0 Å². The Morgan fingerprint density at radius 3 is 2.58 bits per heavy atom. The quantitative estimate of drug-likeness (QED) is 0.906. The second-order valence-corrected chi connectivity index (χ2v) is 3.81. The molecule has 0 aliphatic rings. The zero-order chi connectivity index (χ0) is 13.7. The molecule has 2 aromatic rings. The van der Waals surface area contributed by atoms with Gasteiger partial charge in [-0.15, -0.1) is 0 Å². The third-order valence-electron chi connectivity index (χ3n) is 2.47. The molecule has 1 N–H and O–H groups in total. The number of nitrogens with one attached hydrogen (secondary N) is 1. The van der Waals surface area contributed by atoms with Gasteiger partial charge >= 0.3 is 0 Å². The number of benzene rings is 1. The van der Waals surface area contributed by atoms with Crippen molar-refractivity contribution in [1.82, 2.24) is 4.68 Å². The lowest BCUT2D eigenvalue weighted by molar-refractivity contribution is 0.101. The van der Waals surface area contributed by atoms with Gasteiger partial charge in [-0.2, -0.15) is 0 Å². The summed E-state index contributed by atoms with van der Waals surface area (Å²) in [6, 6.07) is 11.4. The minimum Gasteiger partial charge on any atom is -0.494 e. The van der Waals surface area contributed by atoms with E-state index >= 15 is 0 Å². The first-order valence-electron chi connectivity index (χ1n) is 5.92. The standard InChI is InChI=1S/C14H14N2O3/c1-2-19-12-8-6-11(7-9-12)14(18)15-16-10-4-3-5-13(16)17/h3-10H,2H2,1H3,(H,15,18). The smallest absolute Gasteiger partial charge is 0.270 e. The minimum absolute atomic E-state index is 0.290. The molecule has 0 aliphatic heterocycles. The lowest BCUT2D eigenvalue weighted by Crippen LogP contribution is -2.31. The SMILES string of the molecule is CCOc1ccc(C(=O)Nn2ccccc2=O)cc1. The van der Waals surface area contributed by atoms with E-state index < -0.39 is 0 Å². The molecule has 98 valence electrons. The van der Waals surface area contributed by atoms with Gasteiger partial charge < -0.3 is 4.74 Å². The highest BCUT2D eigenvalue weighted by Crippen LogP contribution is 2.11. The summed E-state index contributed by atoms with van der Waals surface area (Å²) >= 11 is 0. The van der Waals surface area contributed by atoms with Crippen LogP contribution in [-0.4, -0.2) is 17.2 Å². The Labute approximate surface area is 110 Å². The van der Waals surface area contributed by atoms with Crippen molar-refractivity contribution in [3.05, 3.63) is 64.6 Å². The predicted molar refractivity (Wildman–Crippen MR) is 72.0 cm³/mol. The average Bonchev–Trinajstić information content (AvgIpc) is 2.42. The number of ether oxygens (including phenoxy) is 1. The van der Waals surface area contributed by atoms with Crippen molar-refractivity contribution < 1.29 is 9.53 Å². The van der Waals surface area contributed by atoms with Crippen LogP contribution < -0.4 is 15.7 Å². The molecular weight excluding hydrogens is 244 g/mol. The van der Waals surface area contributed by atoms with Crippen molar-refractivity contribution in [3.8, 4) is 5.75 Å². The summed E-state index contributed by atoms with van der Waals surface area (Å²) in [5.74, 6) is 0.354. The van der Waals surface area contributed by atoms with E-state index in [1.54, 1.807) is 36.4 Å². The first kappa shape index (κ1) is 12.9. The first-order valence-corrected chi connectivity index (χ1v) is 5.92. The monoisotopic (exact) mass is 258 g/mol. The highest BCUT2D eigenvalue weighted by Gasteiger charge is 2.06. The normalized spacial score (nSPS) is 9.95. The fraction of sp³-hybridized carbons (Fsp3) is 0.143. The minimum atomic E-state index is -0.351. The highest BCUT2D eigenvalue weighted by atomic mass is 16.5. The third kappa shape index (κ3) is 3.22. The number of nitrogens with zero attached hydrogens (tertiary/aromatic N) is 1. The Balaban J connectivity index is 2.12. The number of aromatic nitrogens is 1. The summed E-state index contributed by atoms with van der Waals surface area (Å²) in [4.78, 5) is 23.4. The lowest BCUT2D eigenvalue weighted by Gasteiger charge is -2.08. The second-order valence-electron chi connectivity index (χ2n) is 3.81. The van der Waals surface area contributed by atoms with Crippen molar-refractivity contribution in [2.24, 2.45) is 0 Å². The molecule has 1 aromatic carbocycles. The number of hydrogen-bond donors (Lipinski definition) is 1. The van der Waals surface area contributed by atoms with E-state index in [-0.39, 0.29) is 11.5 Å². The summed E-state index contributed by atoms with van der Waals surface area (Å²) < 4.78 is 6.43. The topological polar surface area (TPSA) is 60.3 Å². The zero-order valence-corrected chi connectivity index (χ0v) is 10.5. The molecule has 19 heavy (non-hydrogen) atoms. The van der Waals surface area contributed by atoms with Gasteiger partial charge in [0.25, 0.3) is 11.5 Å². The molecule has 0 atom stereocenters. The van der Waals surface area contributed by atoms with E-state index in [2.05, 4.69) is 5.43 Å². The largest absolute Gasteiger partial charge is 0.494 e. The number of carbonyl (C=O) groups is 1. The molecule has 0 saturated heterocycles. The van der Waals surface area contributed by atoms with Gasteiger partial charge in [0.1, 0.15) is 5.75 Å². The molecule has 1 aromatic heterocycles. The van der Waals surface area contributed by atoms with Gasteiger partial charge in [0.15, 0.2) is 0 Å². The Hall–Kier alpha value is -2.56. The molecule has 5 heteroatoms. The molecule has 0 unspecified atom stereocenters. The van der Waals surface area contributed by atoms with Crippen LogP contribution in [0.2, 0.25) is 0 Å². The maximum absolute atomic E-state index is 11.9. The third-order valence-corrected chi connectivity index (χ3v) is 2.47. The summed E-state index contributed by atoms with van der Waals surface area (Å²) in [6.07, 6.45) is 1.49. The maximum Gasteiger partial charge on any atom is 0.270 e. The Bertz CT molecular complexity index is 617. The number of rotatable bonds is 4. The summed E-state index contributed by atoms with van der Waals surface area (Å²) in [6.45, 7) is 2.47. The van der Waals surface area contributed by atoms with E-state index in [9.17, 15) is 9.59 Å². The van der Waals surface area contributed by atoms with Crippen LogP contribution in [0.1, 0.15) is 17.3 Å². The number of pyridine rings is 1. The Kier molecular flexibility index (Phi) is 3.97. The summed E-state index contributed by atoms with van der Waals surface area (Å²) in [5.41, 5.74) is 2.67. The molecule has 1 amide bonds. The van der Waals surface area contributed by atoms with Crippen LogP contribution >= 0.6 is 0 Å². The Morgan fingerprint density at radius 1 is 1.21 bits per heavy atom. The van der Waals surface area contributed by atoms with Gasteiger partial charge in [-0.25, -0.2) is 4.68 Å². The number of amides is 1. The van der Waals surface area contributed by atoms with Gasteiger partial charge in [-0.05, 0) is 37.3 Å². The van der Waals surface area contributed by atoms with E-state index in [4.69, 9.17) is 4.74 Å². The zero-order valence-electron chi connectivity index (χ0n) is 10.5. The highest BCUT2D eigenvalue weighted by molar-refractivity contribution is 5.99. The van der Waals surface area contributed by atoms with E-state index in [0.717, 1.165) is 4.68 Å². The Morgan fingerprint density at radius 2 is 1.95 bits per heavy atom. The van der Waals surface area contributed by atoms with Crippen LogP contribution in [0.15, 0.2) is 53.5 Å². The maximum atomic E-state index is 11.9. The first-order chi connectivity index (χ1) is 9.20. The van der Waals surface area contributed by atoms with Crippen LogP contribution in [0.4, 0.5) is 0 Å². The van der Waals surface area contributed by atoms with E-state index in [1.807, 2.05) is 6.92 Å². The van der Waals surface area contributed by atoms with Crippen molar-refractivity contribution >= 4 is 5.91 Å². The molecule has 2 rings (SSSR count).